The van der Waals surface area contributed by atoms with E-state index in [0.29, 0.717) is 0 Å². The van der Waals surface area contributed by atoms with Crippen molar-refractivity contribution in [3.05, 3.63) is 70.0 Å². The van der Waals surface area contributed by atoms with E-state index in [1.807, 2.05) is 19.1 Å². The standard InChI is InChI=1S/C14H12ClF/c1-10-6-12(9-13(15)7-10)8-11-2-4-14(16)5-3-11/h2-7,9H,8H2,1H3. The van der Waals surface area contributed by atoms with Crippen LogP contribution in [0.15, 0.2) is 42.5 Å². The van der Waals surface area contributed by atoms with Crippen molar-refractivity contribution in [2.75, 3.05) is 0 Å². The predicted molar refractivity (Wildman–Crippen MR) is 65.4 cm³/mol. The smallest absolute Gasteiger partial charge is 0.123 e. The summed E-state index contributed by atoms with van der Waals surface area (Å²) in [5, 5.41) is 0.747. The lowest BCUT2D eigenvalue weighted by atomic mass is 10.0. The Bertz CT molecular complexity index is 468. The van der Waals surface area contributed by atoms with Crippen LogP contribution in [0.25, 0.3) is 0 Å². The van der Waals surface area contributed by atoms with E-state index in [9.17, 15) is 4.39 Å². The van der Waals surface area contributed by atoms with Crippen LogP contribution in [-0.2, 0) is 6.42 Å². The Balaban J connectivity index is 2.23. The van der Waals surface area contributed by atoms with Gasteiger partial charge in [0, 0.05) is 5.02 Å². The molecule has 0 radical (unpaired) electrons. The summed E-state index contributed by atoms with van der Waals surface area (Å²) in [6.07, 6.45) is 0.779. The van der Waals surface area contributed by atoms with Gasteiger partial charge in [-0.3, -0.25) is 0 Å². The van der Waals surface area contributed by atoms with Crippen molar-refractivity contribution in [1.82, 2.24) is 0 Å². The molecule has 0 aliphatic heterocycles. The first kappa shape index (κ1) is 11.2. The molecule has 2 aromatic carbocycles. The fraction of sp³-hybridized carbons (Fsp3) is 0.143. The Morgan fingerprint density at radius 3 is 2.31 bits per heavy atom. The average Bonchev–Trinajstić information content (AvgIpc) is 2.20. The first-order valence-corrected chi connectivity index (χ1v) is 5.52. The molecule has 0 spiro atoms. The molecule has 0 bridgehead atoms. The molecular weight excluding hydrogens is 223 g/mol. The largest absolute Gasteiger partial charge is 0.207 e. The van der Waals surface area contributed by atoms with Crippen molar-refractivity contribution in [2.45, 2.75) is 13.3 Å². The Kier molecular flexibility index (Phi) is 3.25. The molecule has 0 fully saturated rings. The van der Waals surface area contributed by atoms with E-state index in [-0.39, 0.29) is 5.82 Å². The summed E-state index contributed by atoms with van der Waals surface area (Å²) in [4.78, 5) is 0. The lowest BCUT2D eigenvalue weighted by molar-refractivity contribution is 0.627. The topological polar surface area (TPSA) is 0 Å². The van der Waals surface area contributed by atoms with E-state index in [2.05, 4.69) is 6.07 Å². The molecule has 0 nitrogen and oxygen atoms in total. The number of halogens is 2. The van der Waals surface area contributed by atoms with Gasteiger partial charge >= 0.3 is 0 Å². The molecule has 0 saturated heterocycles. The Morgan fingerprint density at radius 1 is 1.00 bits per heavy atom. The van der Waals surface area contributed by atoms with Crippen LogP contribution in [0.1, 0.15) is 16.7 Å². The number of hydrogen-bond acceptors (Lipinski definition) is 0. The van der Waals surface area contributed by atoms with Crippen molar-refractivity contribution in [1.29, 1.82) is 0 Å². The van der Waals surface area contributed by atoms with Gasteiger partial charge in [-0.2, -0.15) is 0 Å². The third kappa shape index (κ3) is 2.83. The highest BCUT2D eigenvalue weighted by Gasteiger charge is 1.99. The third-order valence-electron chi connectivity index (χ3n) is 2.42. The molecule has 0 aliphatic rings. The van der Waals surface area contributed by atoms with Crippen LogP contribution in [0.3, 0.4) is 0 Å². The van der Waals surface area contributed by atoms with Gasteiger partial charge in [0.25, 0.3) is 0 Å². The molecule has 2 heteroatoms. The molecule has 82 valence electrons. The van der Waals surface area contributed by atoms with E-state index in [1.165, 1.54) is 12.1 Å². The quantitative estimate of drug-likeness (QED) is 0.724. The van der Waals surface area contributed by atoms with Crippen LogP contribution in [0.2, 0.25) is 5.02 Å². The van der Waals surface area contributed by atoms with Gasteiger partial charge in [-0.15, -0.1) is 0 Å². The molecule has 0 saturated carbocycles. The number of rotatable bonds is 2. The van der Waals surface area contributed by atoms with Crippen LogP contribution in [0.5, 0.6) is 0 Å². The van der Waals surface area contributed by atoms with E-state index < -0.39 is 0 Å². The van der Waals surface area contributed by atoms with Gasteiger partial charge in [-0.1, -0.05) is 29.8 Å². The van der Waals surface area contributed by atoms with Gasteiger partial charge in [0.2, 0.25) is 0 Å². The van der Waals surface area contributed by atoms with Crippen molar-refractivity contribution in [2.24, 2.45) is 0 Å². The van der Waals surface area contributed by atoms with Gasteiger partial charge in [-0.25, -0.2) is 4.39 Å². The van der Waals surface area contributed by atoms with E-state index in [1.54, 1.807) is 12.1 Å². The summed E-state index contributed by atoms with van der Waals surface area (Å²) in [5.41, 5.74) is 3.38. The highest BCUT2D eigenvalue weighted by Crippen LogP contribution is 2.17. The minimum absolute atomic E-state index is 0.203. The van der Waals surface area contributed by atoms with E-state index in [4.69, 9.17) is 11.6 Å². The van der Waals surface area contributed by atoms with E-state index >= 15 is 0 Å². The van der Waals surface area contributed by atoms with Crippen molar-refractivity contribution >= 4 is 11.6 Å². The Labute approximate surface area is 99.7 Å². The Hall–Kier alpha value is -1.34. The molecule has 0 atom stereocenters. The maximum Gasteiger partial charge on any atom is 0.123 e. The minimum Gasteiger partial charge on any atom is -0.207 e. The second-order valence-corrected chi connectivity index (χ2v) is 4.38. The normalized spacial score (nSPS) is 10.4. The fourth-order valence-electron chi connectivity index (χ4n) is 1.75. The van der Waals surface area contributed by atoms with Crippen molar-refractivity contribution in [3.63, 3.8) is 0 Å². The van der Waals surface area contributed by atoms with Crippen LogP contribution in [-0.4, -0.2) is 0 Å². The summed E-state index contributed by atoms with van der Waals surface area (Å²) in [7, 11) is 0. The summed E-state index contributed by atoms with van der Waals surface area (Å²) in [6, 6.07) is 12.5. The molecule has 2 aromatic rings. The van der Waals surface area contributed by atoms with E-state index in [0.717, 1.165) is 28.1 Å². The second kappa shape index (κ2) is 4.67. The minimum atomic E-state index is -0.203. The van der Waals surface area contributed by atoms with Crippen molar-refractivity contribution in [3.8, 4) is 0 Å². The highest BCUT2D eigenvalue weighted by molar-refractivity contribution is 6.30. The Morgan fingerprint density at radius 2 is 1.69 bits per heavy atom. The average molecular weight is 235 g/mol. The zero-order valence-corrected chi connectivity index (χ0v) is 9.76. The van der Waals surface area contributed by atoms with Gasteiger partial charge in [-0.05, 0) is 54.3 Å². The number of aryl methyl sites for hydroxylation is 1. The summed E-state index contributed by atoms with van der Waals surface area (Å²) < 4.78 is 12.7. The van der Waals surface area contributed by atoms with Crippen LogP contribution >= 0.6 is 11.6 Å². The molecular formula is C14H12ClF. The molecule has 0 amide bonds. The zero-order valence-electron chi connectivity index (χ0n) is 9.00. The summed E-state index contributed by atoms with van der Waals surface area (Å²) >= 11 is 5.98. The maximum absolute atomic E-state index is 12.7. The second-order valence-electron chi connectivity index (χ2n) is 3.94. The van der Waals surface area contributed by atoms with Crippen LogP contribution in [0.4, 0.5) is 4.39 Å². The van der Waals surface area contributed by atoms with Crippen molar-refractivity contribution < 1.29 is 4.39 Å². The highest BCUT2D eigenvalue weighted by atomic mass is 35.5. The van der Waals surface area contributed by atoms with Crippen LogP contribution < -0.4 is 0 Å². The third-order valence-corrected chi connectivity index (χ3v) is 2.64. The molecule has 2 rings (SSSR count). The number of hydrogen-bond donors (Lipinski definition) is 0. The van der Waals surface area contributed by atoms with Gasteiger partial charge < -0.3 is 0 Å². The fourth-order valence-corrected chi connectivity index (χ4v) is 2.06. The van der Waals surface area contributed by atoms with Crippen LogP contribution in [0, 0.1) is 12.7 Å². The summed E-state index contributed by atoms with van der Waals surface area (Å²) in [6.45, 7) is 2.01. The molecule has 16 heavy (non-hydrogen) atoms. The lowest BCUT2D eigenvalue weighted by Gasteiger charge is -2.04. The number of benzene rings is 2. The zero-order chi connectivity index (χ0) is 11.5. The van der Waals surface area contributed by atoms with Gasteiger partial charge in [0.05, 0.1) is 0 Å². The molecule has 0 unspecified atom stereocenters. The SMILES string of the molecule is Cc1cc(Cl)cc(Cc2ccc(F)cc2)c1. The molecule has 0 N–H and O–H groups in total. The first-order chi connectivity index (χ1) is 7.63. The monoisotopic (exact) mass is 234 g/mol. The predicted octanol–water partition coefficient (Wildman–Crippen LogP) is 4.38. The molecule has 0 aromatic heterocycles. The first-order valence-electron chi connectivity index (χ1n) is 5.14. The van der Waals surface area contributed by atoms with Gasteiger partial charge in [0.1, 0.15) is 5.82 Å². The molecule has 0 aliphatic carbocycles. The maximum atomic E-state index is 12.7. The summed E-state index contributed by atoms with van der Waals surface area (Å²) in [5.74, 6) is -0.203. The lowest BCUT2D eigenvalue weighted by Crippen LogP contribution is -1.89. The molecule has 0 heterocycles. The van der Waals surface area contributed by atoms with Gasteiger partial charge in [0.15, 0.2) is 0 Å².